The Morgan fingerprint density at radius 2 is 2.00 bits per heavy atom. The number of allylic oxidation sites excluding steroid dienone is 2. The third kappa shape index (κ3) is 8.71. The fourth-order valence-electron chi connectivity index (χ4n) is 5.94. The van der Waals surface area contributed by atoms with Crippen LogP contribution in [0.25, 0.3) is 0 Å². The molecule has 2 aliphatic heterocycles. The summed E-state index contributed by atoms with van der Waals surface area (Å²) in [4.78, 5) is 4.66. The fourth-order valence-corrected chi connectivity index (χ4v) is 5.94. The average Bonchev–Trinajstić information content (AvgIpc) is 3.71. The molecule has 0 radical (unpaired) electrons. The van der Waals surface area contributed by atoms with E-state index < -0.39 is 12.2 Å². The quantitative estimate of drug-likeness (QED) is 0.206. The lowest BCUT2D eigenvalue weighted by Crippen LogP contribution is -2.25. The number of hydrogen-bond acceptors (Lipinski definition) is 6. The molecule has 39 heavy (non-hydrogen) atoms. The van der Waals surface area contributed by atoms with Crippen LogP contribution in [-0.4, -0.2) is 46.5 Å². The molecule has 4 atom stereocenters. The molecule has 0 aromatic heterocycles. The van der Waals surface area contributed by atoms with Gasteiger partial charge in [-0.05, 0) is 69.1 Å². The van der Waals surface area contributed by atoms with Crippen molar-refractivity contribution in [3.05, 3.63) is 59.7 Å². The van der Waals surface area contributed by atoms with E-state index in [-0.39, 0.29) is 11.9 Å². The number of rotatable bonds is 16. The van der Waals surface area contributed by atoms with E-state index in [4.69, 9.17) is 9.47 Å². The standard InChI is InChI=1S/C33H47NO5/c1-3-4-9-28-13-14-29(39-28)12-10-24-11-16-32(37)33(20-24)38-19-18-27-21-26(22-34-27)30(25-7-5-6-8-25)15-17-31(36)23(2)35/h11,13-14,16,20-23,25,28,30-31,35-37H,3-10,12,15,17-19H2,1-2H3/t23-,28?,30+,31-/m0/s1. The minimum Gasteiger partial charge on any atom is -0.592 e. The Balaban J connectivity index is 1.25. The van der Waals surface area contributed by atoms with Gasteiger partial charge in [0.25, 0.3) is 0 Å². The molecule has 3 N–H and O–H groups in total. The van der Waals surface area contributed by atoms with Gasteiger partial charge in [-0.25, -0.2) is 0 Å². The molecule has 1 aromatic rings. The van der Waals surface area contributed by atoms with Crippen molar-refractivity contribution in [2.24, 2.45) is 16.8 Å². The molecule has 0 amide bonds. The highest BCUT2D eigenvalue weighted by Gasteiger charge is 2.35. The van der Waals surface area contributed by atoms with Crippen molar-refractivity contribution in [1.82, 2.24) is 0 Å². The van der Waals surface area contributed by atoms with Crippen LogP contribution >= 0.6 is 0 Å². The Morgan fingerprint density at radius 1 is 1.18 bits per heavy atom. The first-order valence-electron chi connectivity index (χ1n) is 15.1. The van der Waals surface area contributed by atoms with Gasteiger partial charge in [-0.2, -0.15) is 12.5 Å². The number of phenols is 1. The number of aliphatic imine (C=N–C) groups is 1. The van der Waals surface area contributed by atoms with Crippen molar-refractivity contribution in [3.8, 4) is 11.5 Å². The number of nitrogens with zero attached hydrogens (tertiary/aromatic N) is 1. The first-order chi connectivity index (χ1) is 18.9. The lowest BCUT2D eigenvalue weighted by atomic mass is 9.80. The smallest absolute Gasteiger partial charge is 0.176 e. The summed E-state index contributed by atoms with van der Waals surface area (Å²) in [7, 11) is 0. The molecule has 4 rings (SSSR count). The first-order valence-corrected chi connectivity index (χ1v) is 15.1. The zero-order chi connectivity index (χ0) is 27.6. The number of phenolic OH excluding ortho intramolecular Hbond substituents is 1. The number of hydrogen-bond donors (Lipinski definition) is 3. The largest absolute Gasteiger partial charge is 0.592 e. The summed E-state index contributed by atoms with van der Waals surface area (Å²) in [5.74, 6) is 2.66. The summed E-state index contributed by atoms with van der Waals surface area (Å²) in [5, 5.41) is 30.2. The summed E-state index contributed by atoms with van der Waals surface area (Å²) in [6, 6.07) is 6.56. The van der Waals surface area contributed by atoms with Crippen LogP contribution in [0.15, 0.2) is 46.7 Å². The Bertz CT molecular complexity index is 994. The van der Waals surface area contributed by atoms with Gasteiger partial charge < -0.3 is 24.8 Å². The second-order valence-electron chi connectivity index (χ2n) is 11.5. The predicted octanol–water partition coefficient (Wildman–Crippen LogP) is 6.64. The third-order valence-corrected chi connectivity index (χ3v) is 8.38. The van der Waals surface area contributed by atoms with Crippen molar-refractivity contribution in [2.75, 3.05) is 6.61 Å². The number of benzene rings is 1. The van der Waals surface area contributed by atoms with E-state index in [1.807, 2.05) is 18.3 Å². The van der Waals surface area contributed by atoms with Gasteiger partial charge in [0, 0.05) is 12.0 Å². The highest BCUT2D eigenvalue weighted by Crippen LogP contribution is 2.40. The van der Waals surface area contributed by atoms with E-state index >= 15 is 0 Å². The van der Waals surface area contributed by atoms with Gasteiger partial charge in [0.1, 0.15) is 12.2 Å². The van der Waals surface area contributed by atoms with Crippen molar-refractivity contribution in [2.45, 2.75) is 109 Å². The van der Waals surface area contributed by atoms with Crippen LogP contribution in [0.5, 0.6) is 11.5 Å². The Labute approximate surface area is 234 Å². The van der Waals surface area contributed by atoms with Crippen LogP contribution in [-0.2, 0) is 11.2 Å². The lowest BCUT2D eigenvalue weighted by molar-refractivity contribution is 0.0219. The van der Waals surface area contributed by atoms with E-state index in [2.05, 4.69) is 30.5 Å². The molecule has 1 fully saturated rings. The van der Waals surface area contributed by atoms with Gasteiger partial charge in [-0.3, -0.25) is 0 Å². The fraction of sp³-hybridized carbons (Fsp3) is 0.606. The molecular formula is C33H47NO5. The lowest BCUT2D eigenvalue weighted by Gasteiger charge is -2.22. The third-order valence-electron chi connectivity index (χ3n) is 8.38. The maximum atomic E-state index is 10.4. The number of aryl methyl sites for hydroxylation is 1. The number of aromatic hydroxyl groups is 1. The van der Waals surface area contributed by atoms with Crippen molar-refractivity contribution < 1.29 is 24.8 Å². The van der Waals surface area contributed by atoms with Gasteiger partial charge in [0.2, 0.25) is 0 Å². The Morgan fingerprint density at radius 3 is 2.77 bits per heavy atom. The van der Waals surface area contributed by atoms with Gasteiger partial charge in [-0.15, -0.1) is 4.99 Å². The van der Waals surface area contributed by atoms with Crippen LogP contribution in [0, 0.1) is 24.3 Å². The summed E-state index contributed by atoms with van der Waals surface area (Å²) < 4.78 is 12.0. The van der Waals surface area contributed by atoms with Crippen molar-refractivity contribution in [1.29, 1.82) is 0 Å². The number of aliphatic hydroxyl groups excluding tert-OH is 2. The molecule has 6 heteroatoms. The summed E-state index contributed by atoms with van der Waals surface area (Å²) in [6.45, 7) is 4.28. The maximum absolute atomic E-state index is 10.4. The zero-order valence-electron chi connectivity index (χ0n) is 23.7. The predicted molar refractivity (Wildman–Crippen MR) is 156 cm³/mol. The molecule has 1 saturated carbocycles. The van der Waals surface area contributed by atoms with Crippen LogP contribution in [0.3, 0.4) is 0 Å². The summed E-state index contributed by atoms with van der Waals surface area (Å²) >= 11 is 0. The van der Waals surface area contributed by atoms with Crippen LogP contribution < -0.4 is 4.74 Å². The second kappa shape index (κ2) is 14.7. The SMILES string of the molecule is CCCCC1[CH-]C=C(CCc2ccc(O)c(OCC[C+]3C=C([C@H](CC[C@H](O)[C@H](C)O)C4CCCC4)C=N3)c2)O1. The second-order valence-corrected chi connectivity index (χ2v) is 11.5. The van der Waals surface area contributed by atoms with Crippen molar-refractivity contribution >= 4 is 6.21 Å². The molecule has 1 aliphatic carbocycles. The molecule has 1 unspecified atom stereocenters. The maximum Gasteiger partial charge on any atom is 0.176 e. The van der Waals surface area contributed by atoms with Crippen LogP contribution in [0.4, 0.5) is 0 Å². The molecule has 1 aromatic carbocycles. The molecule has 0 bridgehead atoms. The monoisotopic (exact) mass is 537 g/mol. The van der Waals surface area contributed by atoms with Gasteiger partial charge >= 0.3 is 0 Å². The number of unbranched alkanes of at least 4 members (excludes halogenated alkanes) is 1. The van der Waals surface area contributed by atoms with Crippen molar-refractivity contribution in [3.63, 3.8) is 0 Å². The summed E-state index contributed by atoms with van der Waals surface area (Å²) in [6.07, 6.45) is 19.4. The highest BCUT2D eigenvalue weighted by atomic mass is 16.5. The van der Waals surface area contributed by atoms with Gasteiger partial charge in [-0.1, -0.05) is 50.9 Å². The minimum atomic E-state index is -0.704. The van der Waals surface area contributed by atoms with E-state index in [1.165, 1.54) is 44.1 Å². The van der Waals surface area contributed by atoms with Crippen LogP contribution in [0.1, 0.15) is 90.0 Å². The van der Waals surface area contributed by atoms with E-state index in [0.717, 1.165) is 43.0 Å². The molecule has 2 heterocycles. The highest BCUT2D eigenvalue weighted by molar-refractivity contribution is 5.83. The molecule has 0 spiro atoms. The van der Waals surface area contributed by atoms with Gasteiger partial charge in [0.15, 0.2) is 23.8 Å². The molecule has 214 valence electrons. The summed E-state index contributed by atoms with van der Waals surface area (Å²) in [5.41, 5.74) is 2.34. The Kier molecular flexibility index (Phi) is 11.1. The Hall–Kier alpha value is -2.57. The van der Waals surface area contributed by atoms with E-state index in [0.29, 0.717) is 37.0 Å². The van der Waals surface area contributed by atoms with Crippen LogP contribution in [0.2, 0.25) is 0 Å². The molecular weight excluding hydrogens is 490 g/mol. The van der Waals surface area contributed by atoms with E-state index in [9.17, 15) is 15.3 Å². The van der Waals surface area contributed by atoms with Gasteiger partial charge in [0.05, 0.1) is 24.7 Å². The molecule has 6 nitrogen and oxygen atoms in total. The average molecular weight is 538 g/mol. The normalized spacial score (nSPS) is 21.3. The number of aliphatic hydroxyl groups is 2. The number of ether oxygens (including phenoxy) is 2. The molecule has 0 saturated heterocycles. The minimum absolute atomic E-state index is 0.150. The zero-order valence-corrected chi connectivity index (χ0v) is 23.7. The van der Waals surface area contributed by atoms with E-state index in [1.54, 1.807) is 13.0 Å². The molecule has 3 aliphatic rings. The topological polar surface area (TPSA) is 91.5 Å². The first kappa shape index (κ1) is 29.4.